The number of carbonyl (C=O) groups is 1. The monoisotopic (exact) mass is 332 g/mol. The lowest BCUT2D eigenvalue weighted by Gasteiger charge is -2.22. The van der Waals surface area contributed by atoms with Crippen LogP contribution in [0, 0.1) is 13.8 Å². The molecule has 25 heavy (non-hydrogen) atoms. The minimum Gasteiger partial charge on any atom is -0.327 e. The van der Waals surface area contributed by atoms with Gasteiger partial charge in [0.25, 0.3) is 5.91 Å². The molecule has 0 aliphatic carbocycles. The van der Waals surface area contributed by atoms with Gasteiger partial charge in [0, 0.05) is 17.9 Å². The van der Waals surface area contributed by atoms with E-state index in [1.54, 1.807) is 11.0 Å². The maximum Gasteiger partial charge on any atom is 0.273 e. The van der Waals surface area contributed by atoms with E-state index >= 15 is 0 Å². The van der Waals surface area contributed by atoms with Crippen molar-refractivity contribution < 1.29 is 4.79 Å². The van der Waals surface area contributed by atoms with Crippen LogP contribution in [-0.4, -0.2) is 25.8 Å². The molecule has 0 aliphatic rings. The minimum absolute atomic E-state index is 0.127. The Kier molecular flexibility index (Phi) is 5.14. The normalized spacial score (nSPS) is 10.5. The van der Waals surface area contributed by atoms with E-state index in [0.717, 1.165) is 22.6 Å². The van der Waals surface area contributed by atoms with Crippen LogP contribution in [0.2, 0.25) is 0 Å². The number of hydrogen-bond acceptors (Lipinski definition) is 4. The van der Waals surface area contributed by atoms with Crippen molar-refractivity contribution >= 4 is 5.91 Å². The Balaban J connectivity index is 1.89. The van der Waals surface area contributed by atoms with Crippen molar-refractivity contribution in [3.05, 3.63) is 89.3 Å². The number of aryl methyl sites for hydroxylation is 2. The summed E-state index contributed by atoms with van der Waals surface area (Å²) in [5.41, 5.74) is 4.02. The molecule has 0 bridgehead atoms. The summed E-state index contributed by atoms with van der Waals surface area (Å²) in [6, 6.07) is 17.5. The molecule has 5 heteroatoms. The predicted octanol–water partition coefficient (Wildman–Crippen LogP) is 3.33. The smallest absolute Gasteiger partial charge is 0.273 e. The van der Waals surface area contributed by atoms with Gasteiger partial charge in [-0.3, -0.25) is 9.78 Å². The fourth-order valence-corrected chi connectivity index (χ4v) is 2.62. The van der Waals surface area contributed by atoms with Crippen LogP contribution < -0.4 is 0 Å². The van der Waals surface area contributed by atoms with Crippen molar-refractivity contribution in [1.82, 2.24) is 19.9 Å². The molecule has 5 nitrogen and oxygen atoms in total. The Hall–Kier alpha value is -3.08. The third-order valence-corrected chi connectivity index (χ3v) is 3.83. The first-order valence-corrected chi connectivity index (χ1v) is 8.16. The van der Waals surface area contributed by atoms with Crippen LogP contribution >= 0.6 is 0 Å². The van der Waals surface area contributed by atoms with Crippen molar-refractivity contribution in [2.24, 2.45) is 0 Å². The highest BCUT2D eigenvalue weighted by molar-refractivity contribution is 5.92. The maximum atomic E-state index is 13.0. The van der Waals surface area contributed by atoms with Crippen molar-refractivity contribution in [3.8, 4) is 0 Å². The van der Waals surface area contributed by atoms with Crippen LogP contribution in [0.25, 0.3) is 0 Å². The Morgan fingerprint density at radius 3 is 2.44 bits per heavy atom. The van der Waals surface area contributed by atoms with Gasteiger partial charge < -0.3 is 4.90 Å². The summed E-state index contributed by atoms with van der Waals surface area (Å²) in [6.07, 6.45) is 1.42. The third-order valence-electron chi connectivity index (χ3n) is 3.83. The van der Waals surface area contributed by atoms with E-state index in [4.69, 9.17) is 0 Å². The zero-order chi connectivity index (χ0) is 17.6. The molecular weight excluding hydrogens is 312 g/mol. The van der Waals surface area contributed by atoms with E-state index in [2.05, 4.69) is 15.0 Å². The highest BCUT2D eigenvalue weighted by Crippen LogP contribution is 2.13. The summed E-state index contributed by atoms with van der Waals surface area (Å²) in [5.74, 6) is -0.127. The number of benzene rings is 1. The second-order valence-electron chi connectivity index (χ2n) is 5.96. The van der Waals surface area contributed by atoms with Crippen LogP contribution in [0.5, 0.6) is 0 Å². The number of rotatable bonds is 5. The molecule has 3 aromatic rings. The van der Waals surface area contributed by atoms with E-state index < -0.39 is 0 Å². The number of aromatic nitrogens is 3. The molecule has 0 radical (unpaired) electrons. The van der Waals surface area contributed by atoms with Crippen molar-refractivity contribution in [2.45, 2.75) is 26.9 Å². The van der Waals surface area contributed by atoms with Crippen LogP contribution in [0.15, 0.2) is 60.9 Å². The Labute approximate surface area is 147 Å². The van der Waals surface area contributed by atoms with Gasteiger partial charge in [-0.25, -0.2) is 9.97 Å². The van der Waals surface area contributed by atoms with Crippen LogP contribution in [0.3, 0.4) is 0 Å². The second kappa shape index (κ2) is 7.66. The van der Waals surface area contributed by atoms with Gasteiger partial charge >= 0.3 is 0 Å². The first-order chi connectivity index (χ1) is 12.1. The summed E-state index contributed by atoms with van der Waals surface area (Å²) in [5, 5.41) is 0. The first kappa shape index (κ1) is 16.8. The molecule has 0 saturated heterocycles. The molecule has 1 amide bonds. The van der Waals surface area contributed by atoms with Gasteiger partial charge in [-0.05, 0) is 37.6 Å². The lowest BCUT2D eigenvalue weighted by atomic mass is 10.2. The molecule has 0 N–H and O–H groups in total. The van der Waals surface area contributed by atoms with Crippen molar-refractivity contribution in [1.29, 1.82) is 0 Å². The second-order valence-corrected chi connectivity index (χ2v) is 5.96. The summed E-state index contributed by atoms with van der Waals surface area (Å²) in [6.45, 7) is 4.72. The lowest BCUT2D eigenvalue weighted by molar-refractivity contribution is 0.0721. The highest BCUT2D eigenvalue weighted by Gasteiger charge is 2.19. The number of hydrogen-bond donors (Lipinski definition) is 0. The third kappa shape index (κ3) is 4.47. The molecule has 0 aliphatic heterocycles. The summed E-state index contributed by atoms with van der Waals surface area (Å²) < 4.78 is 0. The van der Waals surface area contributed by atoms with Gasteiger partial charge in [-0.1, -0.05) is 36.4 Å². The molecule has 2 aromatic heterocycles. The van der Waals surface area contributed by atoms with E-state index in [1.807, 2.05) is 62.4 Å². The average Bonchev–Trinajstić information content (AvgIpc) is 2.61. The fraction of sp³-hybridized carbons (Fsp3) is 0.200. The molecule has 0 atom stereocenters. The van der Waals surface area contributed by atoms with Gasteiger partial charge in [0.15, 0.2) is 0 Å². The van der Waals surface area contributed by atoms with Crippen LogP contribution in [0.4, 0.5) is 0 Å². The molecule has 0 fully saturated rings. The zero-order valence-electron chi connectivity index (χ0n) is 14.4. The SMILES string of the molecule is Cc1cc(C(=O)N(Cc2ccccc2)Cc2cccc(C)n2)ncn1. The number of nitrogens with zero attached hydrogens (tertiary/aromatic N) is 4. The molecule has 126 valence electrons. The average molecular weight is 332 g/mol. The Morgan fingerprint density at radius 1 is 0.920 bits per heavy atom. The molecule has 3 rings (SSSR count). The largest absolute Gasteiger partial charge is 0.327 e. The molecule has 0 spiro atoms. The number of amides is 1. The maximum absolute atomic E-state index is 13.0. The summed E-state index contributed by atoms with van der Waals surface area (Å²) >= 11 is 0. The van der Waals surface area contributed by atoms with Gasteiger partial charge in [0.1, 0.15) is 12.0 Å². The summed E-state index contributed by atoms with van der Waals surface area (Å²) in [7, 11) is 0. The summed E-state index contributed by atoms with van der Waals surface area (Å²) in [4.78, 5) is 27.5. The predicted molar refractivity (Wildman–Crippen MR) is 95.8 cm³/mol. The minimum atomic E-state index is -0.127. The Morgan fingerprint density at radius 2 is 1.72 bits per heavy atom. The number of pyridine rings is 1. The first-order valence-electron chi connectivity index (χ1n) is 8.16. The van der Waals surface area contributed by atoms with Gasteiger partial charge in [-0.2, -0.15) is 0 Å². The van der Waals surface area contributed by atoms with E-state index in [-0.39, 0.29) is 5.91 Å². The van der Waals surface area contributed by atoms with E-state index in [0.29, 0.717) is 18.8 Å². The fourth-order valence-electron chi connectivity index (χ4n) is 2.62. The molecule has 1 aromatic carbocycles. The Bertz CT molecular complexity index is 864. The topological polar surface area (TPSA) is 59.0 Å². The van der Waals surface area contributed by atoms with Crippen LogP contribution in [-0.2, 0) is 13.1 Å². The lowest BCUT2D eigenvalue weighted by Crippen LogP contribution is -2.31. The molecular formula is C20H20N4O. The standard InChI is InChI=1S/C20H20N4O/c1-15-7-6-10-18(23-15)13-24(12-17-8-4-3-5-9-17)20(25)19-11-16(2)21-14-22-19/h3-11,14H,12-13H2,1-2H3. The zero-order valence-corrected chi connectivity index (χ0v) is 14.4. The number of carbonyl (C=O) groups excluding carboxylic acids is 1. The molecule has 2 heterocycles. The quantitative estimate of drug-likeness (QED) is 0.719. The van der Waals surface area contributed by atoms with Crippen molar-refractivity contribution in [2.75, 3.05) is 0 Å². The highest BCUT2D eigenvalue weighted by atomic mass is 16.2. The van der Waals surface area contributed by atoms with E-state index in [9.17, 15) is 4.79 Å². The van der Waals surface area contributed by atoms with Crippen LogP contribution in [0.1, 0.15) is 33.1 Å². The van der Waals surface area contributed by atoms with Crippen molar-refractivity contribution in [3.63, 3.8) is 0 Å². The van der Waals surface area contributed by atoms with E-state index in [1.165, 1.54) is 6.33 Å². The van der Waals surface area contributed by atoms with Gasteiger partial charge in [0.2, 0.25) is 0 Å². The van der Waals surface area contributed by atoms with Gasteiger partial charge in [0.05, 0.1) is 12.2 Å². The molecule has 0 unspecified atom stereocenters. The molecule has 0 saturated carbocycles. The van der Waals surface area contributed by atoms with Gasteiger partial charge in [-0.15, -0.1) is 0 Å².